The van der Waals surface area contributed by atoms with Gasteiger partial charge in [-0.15, -0.1) is 0 Å². The van der Waals surface area contributed by atoms with Crippen LogP contribution >= 0.6 is 0 Å². The molecule has 0 aliphatic rings. The lowest BCUT2D eigenvalue weighted by molar-refractivity contribution is -0.139. The zero-order valence-corrected chi connectivity index (χ0v) is 15.0. The number of sulfonamides is 1. The van der Waals surface area contributed by atoms with E-state index < -0.39 is 32.7 Å². The molecule has 27 heavy (non-hydrogen) atoms. The second kappa shape index (κ2) is 7.16. The summed E-state index contributed by atoms with van der Waals surface area (Å²) in [7, 11) is -4.36. The molecule has 0 radical (unpaired) electrons. The van der Waals surface area contributed by atoms with Gasteiger partial charge in [0.15, 0.2) is 0 Å². The summed E-state index contributed by atoms with van der Waals surface area (Å²) in [6.45, 7) is 1.57. The molecular formula is C18H16F3N3O2S. The maximum atomic E-state index is 13.1. The Bertz CT molecular complexity index is 1010. The smallest absolute Gasteiger partial charge is 0.306 e. The third-order valence-corrected chi connectivity index (χ3v) is 5.61. The van der Waals surface area contributed by atoms with Crippen LogP contribution in [-0.2, 0) is 16.2 Å². The first-order valence-corrected chi connectivity index (χ1v) is 9.43. The summed E-state index contributed by atoms with van der Waals surface area (Å²) in [4.78, 5) is 3.15. The van der Waals surface area contributed by atoms with E-state index in [1.54, 1.807) is 54.5 Å². The maximum absolute atomic E-state index is 13.1. The Morgan fingerprint density at radius 1 is 1.07 bits per heavy atom. The van der Waals surface area contributed by atoms with E-state index in [1.165, 1.54) is 6.07 Å². The highest BCUT2D eigenvalue weighted by atomic mass is 32.2. The molecule has 0 saturated heterocycles. The average Bonchev–Trinajstić information content (AvgIpc) is 3.15. The molecule has 0 bridgehead atoms. The van der Waals surface area contributed by atoms with Crippen LogP contribution in [0.25, 0.3) is 5.69 Å². The van der Waals surface area contributed by atoms with E-state index in [-0.39, 0.29) is 0 Å². The molecule has 5 nitrogen and oxygen atoms in total. The summed E-state index contributed by atoms with van der Waals surface area (Å²) >= 11 is 0. The van der Waals surface area contributed by atoms with Crippen molar-refractivity contribution in [3.05, 3.63) is 78.4 Å². The molecule has 1 atom stereocenters. The van der Waals surface area contributed by atoms with Gasteiger partial charge in [0.1, 0.15) is 0 Å². The average molecular weight is 395 g/mol. The van der Waals surface area contributed by atoms with Crippen molar-refractivity contribution in [3.63, 3.8) is 0 Å². The number of hydrogen-bond donors (Lipinski definition) is 1. The van der Waals surface area contributed by atoms with E-state index in [9.17, 15) is 21.6 Å². The number of halogens is 3. The monoisotopic (exact) mass is 395 g/mol. The molecule has 142 valence electrons. The zero-order valence-electron chi connectivity index (χ0n) is 14.2. The summed E-state index contributed by atoms with van der Waals surface area (Å²) in [5, 5.41) is 0. The van der Waals surface area contributed by atoms with Crippen molar-refractivity contribution >= 4 is 10.0 Å². The summed E-state index contributed by atoms with van der Waals surface area (Å²) in [6, 6.07) is 10.3. The van der Waals surface area contributed by atoms with Crippen molar-refractivity contribution in [2.24, 2.45) is 0 Å². The number of aromatic nitrogens is 2. The molecule has 0 unspecified atom stereocenters. The molecule has 1 N–H and O–H groups in total. The fourth-order valence-corrected chi connectivity index (χ4v) is 4.11. The summed E-state index contributed by atoms with van der Waals surface area (Å²) < 4.78 is 68.5. The Hall–Kier alpha value is -2.65. The lowest BCUT2D eigenvalue weighted by Gasteiger charge is -2.18. The Labute approximate surface area is 154 Å². The standard InChI is InChI=1S/C18H16F3N3O2S/c1-13(14-6-8-15(9-7-14)24-11-10-22-12-24)23-27(25,26)17-5-3-2-4-16(17)18(19,20)21/h2-13,23H,1H3/t13-/m1/s1. The molecule has 3 rings (SSSR count). The van der Waals surface area contributed by atoms with E-state index >= 15 is 0 Å². The van der Waals surface area contributed by atoms with E-state index in [0.717, 1.165) is 23.9 Å². The van der Waals surface area contributed by atoms with Crippen LogP contribution in [0.2, 0.25) is 0 Å². The minimum atomic E-state index is -4.76. The van der Waals surface area contributed by atoms with Gasteiger partial charge in [-0.1, -0.05) is 24.3 Å². The van der Waals surface area contributed by atoms with Crippen molar-refractivity contribution in [3.8, 4) is 5.69 Å². The molecule has 0 saturated carbocycles. The molecule has 1 heterocycles. The van der Waals surface area contributed by atoms with Crippen LogP contribution in [-0.4, -0.2) is 18.0 Å². The second-order valence-corrected chi connectivity index (χ2v) is 7.58. The summed E-state index contributed by atoms with van der Waals surface area (Å²) in [5.74, 6) is 0. The first-order chi connectivity index (χ1) is 12.7. The molecule has 1 aromatic heterocycles. The van der Waals surface area contributed by atoms with Crippen LogP contribution in [0.5, 0.6) is 0 Å². The third kappa shape index (κ3) is 4.20. The fraction of sp³-hybridized carbons (Fsp3) is 0.167. The van der Waals surface area contributed by atoms with Gasteiger partial charge in [0.25, 0.3) is 0 Å². The third-order valence-electron chi connectivity index (χ3n) is 4.01. The fourth-order valence-electron chi connectivity index (χ4n) is 2.65. The van der Waals surface area contributed by atoms with E-state index in [4.69, 9.17) is 0 Å². The predicted octanol–water partition coefficient (Wildman–Crippen LogP) is 3.93. The number of nitrogens with zero attached hydrogens (tertiary/aromatic N) is 2. The molecule has 9 heteroatoms. The van der Waals surface area contributed by atoms with Crippen molar-refractivity contribution in [1.29, 1.82) is 0 Å². The van der Waals surface area contributed by atoms with Gasteiger partial charge in [0.05, 0.1) is 16.8 Å². The Morgan fingerprint density at radius 3 is 2.33 bits per heavy atom. The van der Waals surface area contributed by atoms with Gasteiger partial charge in [0.2, 0.25) is 10.0 Å². The number of rotatable bonds is 5. The quantitative estimate of drug-likeness (QED) is 0.712. The number of alkyl halides is 3. The van der Waals surface area contributed by atoms with E-state index in [1.807, 2.05) is 0 Å². The Kier molecular flexibility index (Phi) is 5.07. The minimum Gasteiger partial charge on any atom is -0.306 e. The maximum Gasteiger partial charge on any atom is 0.417 e. The normalized spacial score (nSPS) is 13.5. The van der Waals surface area contributed by atoms with Crippen LogP contribution in [0.4, 0.5) is 13.2 Å². The molecule has 0 spiro atoms. The van der Waals surface area contributed by atoms with Crippen LogP contribution in [0.1, 0.15) is 24.1 Å². The van der Waals surface area contributed by atoms with Crippen molar-refractivity contribution in [2.75, 3.05) is 0 Å². The molecule has 0 aliphatic heterocycles. The van der Waals surface area contributed by atoms with Crippen molar-refractivity contribution < 1.29 is 21.6 Å². The lowest BCUT2D eigenvalue weighted by atomic mass is 10.1. The van der Waals surface area contributed by atoms with Crippen LogP contribution < -0.4 is 4.72 Å². The highest BCUT2D eigenvalue weighted by Gasteiger charge is 2.37. The SMILES string of the molecule is C[C@@H](NS(=O)(=O)c1ccccc1C(F)(F)F)c1ccc(-n2ccnc2)cc1. The second-order valence-electron chi connectivity index (χ2n) is 5.90. The van der Waals surface area contributed by atoms with E-state index in [0.29, 0.717) is 5.56 Å². The topological polar surface area (TPSA) is 64.0 Å². The number of hydrogen-bond acceptors (Lipinski definition) is 3. The Morgan fingerprint density at radius 2 is 1.74 bits per heavy atom. The number of imidazole rings is 1. The highest BCUT2D eigenvalue weighted by molar-refractivity contribution is 7.89. The van der Waals surface area contributed by atoms with E-state index in [2.05, 4.69) is 9.71 Å². The lowest BCUT2D eigenvalue weighted by Crippen LogP contribution is -2.29. The van der Waals surface area contributed by atoms with Gasteiger partial charge < -0.3 is 4.57 Å². The summed E-state index contributed by atoms with van der Waals surface area (Å²) in [5.41, 5.74) is 0.251. The molecular weight excluding hydrogens is 379 g/mol. The molecule has 2 aromatic carbocycles. The van der Waals surface area contributed by atoms with Gasteiger partial charge >= 0.3 is 6.18 Å². The summed E-state index contributed by atoms with van der Waals surface area (Å²) in [6.07, 6.45) is 0.244. The van der Waals surface area contributed by atoms with Crippen LogP contribution in [0, 0.1) is 0 Å². The highest BCUT2D eigenvalue weighted by Crippen LogP contribution is 2.34. The molecule has 3 aromatic rings. The molecule has 0 amide bonds. The van der Waals surface area contributed by atoms with Crippen LogP contribution in [0.15, 0.2) is 72.1 Å². The predicted molar refractivity (Wildman–Crippen MR) is 93.7 cm³/mol. The van der Waals surface area contributed by atoms with Gasteiger partial charge in [0, 0.05) is 24.1 Å². The van der Waals surface area contributed by atoms with Gasteiger partial charge in [-0.25, -0.2) is 18.1 Å². The van der Waals surface area contributed by atoms with Gasteiger partial charge in [-0.3, -0.25) is 0 Å². The Balaban J connectivity index is 1.84. The van der Waals surface area contributed by atoms with Crippen LogP contribution in [0.3, 0.4) is 0 Å². The van der Waals surface area contributed by atoms with Gasteiger partial charge in [-0.05, 0) is 36.8 Å². The van der Waals surface area contributed by atoms with Gasteiger partial charge in [-0.2, -0.15) is 13.2 Å². The zero-order chi connectivity index (χ0) is 19.7. The largest absolute Gasteiger partial charge is 0.417 e. The molecule has 0 fully saturated rings. The van der Waals surface area contributed by atoms with Crippen molar-refractivity contribution in [2.45, 2.75) is 24.0 Å². The molecule has 0 aliphatic carbocycles. The first-order valence-electron chi connectivity index (χ1n) is 7.95. The number of nitrogens with one attached hydrogen (secondary N) is 1. The number of benzene rings is 2. The minimum absolute atomic E-state index is 0.618. The van der Waals surface area contributed by atoms with Crippen molar-refractivity contribution in [1.82, 2.24) is 14.3 Å². The first kappa shape index (κ1) is 19.1.